The van der Waals surface area contributed by atoms with Crippen LogP contribution in [0.4, 0.5) is 5.82 Å². The molecular weight excluding hydrogens is 330 g/mol. The Hall–Kier alpha value is -1.10. The highest BCUT2D eigenvalue weighted by Crippen LogP contribution is 2.42. The normalized spacial score (nSPS) is 17.1. The van der Waals surface area contributed by atoms with E-state index in [1.165, 1.54) is 32.1 Å². The van der Waals surface area contributed by atoms with Crippen LogP contribution in [0.3, 0.4) is 0 Å². The van der Waals surface area contributed by atoms with Crippen molar-refractivity contribution in [2.24, 2.45) is 11.3 Å². The van der Waals surface area contributed by atoms with E-state index in [4.69, 9.17) is 5.73 Å². The number of nitrogens with two attached hydrogens (primary N) is 1. The van der Waals surface area contributed by atoms with Crippen molar-refractivity contribution in [1.82, 2.24) is 10.3 Å². The summed E-state index contributed by atoms with van der Waals surface area (Å²) < 4.78 is 0.764. The van der Waals surface area contributed by atoms with Gasteiger partial charge in [0.25, 0.3) is 5.91 Å². The molecular formula is C16H24BrN3O. The molecule has 0 spiro atoms. The lowest BCUT2D eigenvalue weighted by atomic mass is 9.78. The number of pyridine rings is 1. The second-order valence-electron chi connectivity index (χ2n) is 6.57. The van der Waals surface area contributed by atoms with Crippen LogP contribution in [0.25, 0.3) is 0 Å². The predicted octanol–water partition coefficient (Wildman–Crippen LogP) is 3.76. The third-order valence-corrected chi connectivity index (χ3v) is 4.69. The molecule has 4 nitrogen and oxygen atoms in total. The molecule has 116 valence electrons. The summed E-state index contributed by atoms with van der Waals surface area (Å²) in [6.07, 6.45) is 7.71. The van der Waals surface area contributed by atoms with Crippen molar-refractivity contribution in [3.63, 3.8) is 0 Å². The minimum absolute atomic E-state index is 0.128. The Morgan fingerprint density at radius 2 is 2.14 bits per heavy atom. The molecule has 3 N–H and O–H groups in total. The number of nitrogens with zero attached hydrogens (tertiary/aromatic N) is 1. The summed E-state index contributed by atoms with van der Waals surface area (Å²) in [5.74, 6) is 0.800. The van der Waals surface area contributed by atoms with Crippen molar-refractivity contribution in [2.45, 2.75) is 46.0 Å². The predicted molar refractivity (Wildman–Crippen MR) is 89.0 cm³/mol. The Labute approximate surface area is 135 Å². The van der Waals surface area contributed by atoms with Crippen LogP contribution in [0, 0.1) is 11.3 Å². The molecule has 0 unspecified atom stereocenters. The second kappa shape index (κ2) is 6.77. The SMILES string of the molecule is CC(C)CC1(CNC(=O)c2cc(Br)cnc2N)CCCC1. The van der Waals surface area contributed by atoms with Gasteiger partial charge in [-0.2, -0.15) is 0 Å². The van der Waals surface area contributed by atoms with Crippen LogP contribution < -0.4 is 11.1 Å². The molecule has 0 aromatic carbocycles. The van der Waals surface area contributed by atoms with Crippen molar-refractivity contribution in [3.05, 3.63) is 22.3 Å². The second-order valence-corrected chi connectivity index (χ2v) is 7.49. The lowest BCUT2D eigenvalue weighted by Crippen LogP contribution is -2.37. The molecule has 1 saturated carbocycles. The quantitative estimate of drug-likeness (QED) is 0.846. The zero-order valence-electron chi connectivity index (χ0n) is 12.8. The fraction of sp³-hybridized carbons (Fsp3) is 0.625. The van der Waals surface area contributed by atoms with Gasteiger partial charge in [-0.1, -0.05) is 26.7 Å². The van der Waals surface area contributed by atoms with E-state index >= 15 is 0 Å². The van der Waals surface area contributed by atoms with Gasteiger partial charge in [0, 0.05) is 17.2 Å². The highest BCUT2D eigenvalue weighted by atomic mass is 79.9. The summed E-state index contributed by atoms with van der Waals surface area (Å²) in [7, 11) is 0. The van der Waals surface area contributed by atoms with E-state index < -0.39 is 0 Å². The van der Waals surface area contributed by atoms with E-state index in [0.29, 0.717) is 11.5 Å². The monoisotopic (exact) mass is 353 g/mol. The molecule has 2 rings (SSSR count). The van der Waals surface area contributed by atoms with Crippen LogP contribution in [-0.4, -0.2) is 17.4 Å². The first-order valence-corrected chi connectivity index (χ1v) is 8.40. The van der Waals surface area contributed by atoms with Crippen molar-refractivity contribution in [2.75, 3.05) is 12.3 Å². The number of hydrogen-bond acceptors (Lipinski definition) is 3. The summed E-state index contributed by atoms with van der Waals surface area (Å²) in [5.41, 5.74) is 6.50. The first kappa shape index (κ1) is 16.3. The smallest absolute Gasteiger partial charge is 0.255 e. The minimum Gasteiger partial charge on any atom is -0.383 e. The Kier molecular flexibility index (Phi) is 5.25. The Morgan fingerprint density at radius 1 is 1.48 bits per heavy atom. The number of halogens is 1. The van der Waals surface area contributed by atoms with Gasteiger partial charge in [0.05, 0.1) is 5.56 Å². The van der Waals surface area contributed by atoms with Crippen molar-refractivity contribution in [3.8, 4) is 0 Å². The fourth-order valence-electron chi connectivity index (χ4n) is 3.44. The molecule has 1 fully saturated rings. The van der Waals surface area contributed by atoms with Gasteiger partial charge in [0.2, 0.25) is 0 Å². The fourth-order valence-corrected chi connectivity index (χ4v) is 3.77. The number of nitrogens with one attached hydrogen (secondary N) is 1. The van der Waals surface area contributed by atoms with E-state index in [9.17, 15) is 4.79 Å². The first-order chi connectivity index (χ1) is 9.92. The average molecular weight is 354 g/mol. The summed E-state index contributed by atoms with van der Waals surface area (Å²) >= 11 is 3.33. The molecule has 0 atom stereocenters. The van der Waals surface area contributed by atoms with E-state index in [0.717, 1.165) is 11.0 Å². The number of anilines is 1. The summed E-state index contributed by atoms with van der Waals surface area (Å²) in [6.45, 7) is 5.23. The third-order valence-electron chi connectivity index (χ3n) is 4.26. The van der Waals surface area contributed by atoms with Gasteiger partial charge in [0.15, 0.2) is 0 Å². The van der Waals surface area contributed by atoms with Crippen LogP contribution in [0.5, 0.6) is 0 Å². The molecule has 5 heteroatoms. The van der Waals surface area contributed by atoms with E-state index in [2.05, 4.69) is 40.1 Å². The number of rotatable bonds is 5. The van der Waals surface area contributed by atoms with Crippen LogP contribution in [-0.2, 0) is 0 Å². The molecule has 0 bridgehead atoms. The van der Waals surface area contributed by atoms with Gasteiger partial charge >= 0.3 is 0 Å². The highest BCUT2D eigenvalue weighted by molar-refractivity contribution is 9.10. The lowest BCUT2D eigenvalue weighted by molar-refractivity contribution is 0.0922. The number of hydrogen-bond donors (Lipinski definition) is 2. The first-order valence-electron chi connectivity index (χ1n) is 7.61. The van der Waals surface area contributed by atoms with Gasteiger partial charge in [0.1, 0.15) is 5.82 Å². The standard InChI is InChI=1S/C16H24BrN3O/c1-11(2)8-16(5-3-4-6-16)10-20-15(21)13-7-12(17)9-19-14(13)18/h7,9,11H,3-6,8,10H2,1-2H3,(H2,18,19)(H,20,21). The molecule has 0 radical (unpaired) electrons. The molecule has 1 aliphatic rings. The molecule has 0 aliphatic heterocycles. The average Bonchev–Trinajstić information content (AvgIpc) is 2.87. The van der Waals surface area contributed by atoms with Crippen LogP contribution in [0.1, 0.15) is 56.3 Å². The number of carbonyl (C=O) groups is 1. The molecule has 1 amide bonds. The largest absolute Gasteiger partial charge is 0.383 e. The van der Waals surface area contributed by atoms with Crippen LogP contribution >= 0.6 is 15.9 Å². The Balaban J connectivity index is 2.03. The Morgan fingerprint density at radius 3 is 2.76 bits per heavy atom. The molecule has 21 heavy (non-hydrogen) atoms. The maximum Gasteiger partial charge on any atom is 0.255 e. The number of amides is 1. The Bertz CT molecular complexity index is 510. The van der Waals surface area contributed by atoms with Crippen molar-refractivity contribution < 1.29 is 4.79 Å². The zero-order valence-corrected chi connectivity index (χ0v) is 14.4. The minimum atomic E-state index is -0.128. The highest BCUT2D eigenvalue weighted by Gasteiger charge is 2.34. The topological polar surface area (TPSA) is 68.0 Å². The van der Waals surface area contributed by atoms with Gasteiger partial charge in [-0.3, -0.25) is 4.79 Å². The summed E-state index contributed by atoms with van der Waals surface area (Å²) in [4.78, 5) is 16.4. The molecule has 1 heterocycles. The van der Waals surface area contributed by atoms with E-state index in [1.807, 2.05) is 0 Å². The summed E-state index contributed by atoms with van der Waals surface area (Å²) in [5, 5.41) is 3.08. The van der Waals surface area contributed by atoms with E-state index in [1.54, 1.807) is 12.3 Å². The van der Waals surface area contributed by atoms with Crippen molar-refractivity contribution >= 4 is 27.7 Å². The number of aromatic nitrogens is 1. The van der Waals surface area contributed by atoms with Crippen LogP contribution in [0.2, 0.25) is 0 Å². The number of carbonyl (C=O) groups excluding carboxylic acids is 1. The maximum atomic E-state index is 12.4. The van der Waals surface area contributed by atoms with Gasteiger partial charge in [-0.25, -0.2) is 4.98 Å². The molecule has 1 aliphatic carbocycles. The van der Waals surface area contributed by atoms with E-state index in [-0.39, 0.29) is 17.1 Å². The number of nitrogen functional groups attached to an aromatic ring is 1. The third kappa shape index (κ3) is 4.19. The molecule has 0 saturated heterocycles. The zero-order chi connectivity index (χ0) is 15.5. The van der Waals surface area contributed by atoms with Gasteiger partial charge < -0.3 is 11.1 Å². The summed E-state index contributed by atoms with van der Waals surface area (Å²) in [6, 6.07) is 1.72. The lowest BCUT2D eigenvalue weighted by Gasteiger charge is -2.31. The van der Waals surface area contributed by atoms with Gasteiger partial charge in [-0.05, 0) is 52.6 Å². The molecule has 1 aromatic heterocycles. The van der Waals surface area contributed by atoms with Crippen LogP contribution in [0.15, 0.2) is 16.7 Å². The van der Waals surface area contributed by atoms with Crippen molar-refractivity contribution in [1.29, 1.82) is 0 Å². The maximum absolute atomic E-state index is 12.4. The molecule has 1 aromatic rings. The van der Waals surface area contributed by atoms with Gasteiger partial charge in [-0.15, -0.1) is 0 Å².